The second kappa shape index (κ2) is 10.7. The van der Waals surface area contributed by atoms with E-state index in [4.69, 9.17) is 19.0 Å². The Labute approximate surface area is 207 Å². The third kappa shape index (κ3) is 5.31. The Hall–Kier alpha value is -3.03. The van der Waals surface area contributed by atoms with Gasteiger partial charge >= 0.3 is 0 Å². The molecule has 2 atom stereocenters. The molecule has 5 rings (SSSR count). The van der Waals surface area contributed by atoms with E-state index in [0.29, 0.717) is 18.1 Å². The van der Waals surface area contributed by atoms with Crippen LogP contribution in [0.15, 0.2) is 53.2 Å². The number of fused-ring (bicyclic) bond motifs is 3. The molecule has 0 saturated carbocycles. The summed E-state index contributed by atoms with van der Waals surface area (Å²) in [5.74, 6) is 2.23. The molecule has 3 aliphatic heterocycles. The topological polar surface area (TPSA) is 55.8 Å². The molecule has 3 aliphatic rings. The molecule has 0 amide bonds. The lowest BCUT2D eigenvalue weighted by Crippen LogP contribution is -2.50. The molecule has 0 aromatic heterocycles. The van der Waals surface area contributed by atoms with Gasteiger partial charge in [-0.2, -0.15) is 0 Å². The number of methoxy groups -OCH3 is 2. The van der Waals surface area contributed by atoms with Crippen molar-refractivity contribution >= 4 is 11.8 Å². The second-order valence-electron chi connectivity index (χ2n) is 9.53. The van der Waals surface area contributed by atoms with Crippen molar-refractivity contribution in [2.24, 2.45) is 11.1 Å². The summed E-state index contributed by atoms with van der Waals surface area (Å²) >= 11 is 0. The van der Waals surface area contributed by atoms with E-state index in [1.165, 1.54) is 11.1 Å². The number of benzene rings is 2. The standard InChI is InChI=1S/C28H35N3O4/c1-20(15-21-7-5-4-6-8-21)9-10-30-11-13-31(14-12-30)18-27-23-19-34-24-17-26(33-3)25(32-2)16-22(24)28(23)29-35-27/h4-8,15-17,23,27H,9-14,18-19H2,1-3H3/b20-15+. The van der Waals surface area contributed by atoms with Crippen molar-refractivity contribution in [1.82, 2.24) is 9.80 Å². The average molecular weight is 478 g/mol. The van der Waals surface area contributed by atoms with Crippen LogP contribution in [-0.2, 0) is 4.84 Å². The normalized spacial score (nSPS) is 22.5. The molecule has 186 valence electrons. The van der Waals surface area contributed by atoms with Gasteiger partial charge in [-0.25, -0.2) is 0 Å². The van der Waals surface area contributed by atoms with Gasteiger partial charge in [-0.3, -0.25) is 4.90 Å². The van der Waals surface area contributed by atoms with E-state index < -0.39 is 0 Å². The molecule has 0 aliphatic carbocycles. The number of ether oxygens (including phenoxy) is 3. The van der Waals surface area contributed by atoms with Crippen LogP contribution in [0.5, 0.6) is 17.2 Å². The molecule has 0 N–H and O–H groups in total. The predicted octanol–water partition coefficient (Wildman–Crippen LogP) is 3.93. The molecule has 2 unspecified atom stereocenters. The zero-order chi connectivity index (χ0) is 24.2. The molecule has 0 bridgehead atoms. The maximum Gasteiger partial charge on any atom is 0.164 e. The summed E-state index contributed by atoms with van der Waals surface area (Å²) in [7, 11) is 3.27. The number of nitrogens with zero attached hydrogens (tertiary/aromatic N) is 3. The van der Waals surface area contributed by atoms with Crippen LogP contribution >= 0.6 is 0 Å². The Kier molecular flexibility index (Phi) is 7.25. The largest absolute Gasteiger partial charge is 0.493 e. The number of oxime groups is 1. The van der Waals surface area contributed by atoms with Gasteiger partial charge in [0.25, 0.3) is 0 Å². The van der Waals surface area contributed by atoms with Gasteiger partial charge in [0.1, 0.15) is 18.1 Å². The van der Waals surface area contributed by atoms with Crippen molar-refractivity contribution in [3.8, 4) is 17.2 Å². The molecule has 0 radical (unpaired) electrons. The van der Waals surface area contributed by atoms with E-state index >= 15 is 0 Å². The van der Waals surface area contributed by atoms with Gasteiger partial charge in [0.15, 0.2) is 17.6 Å². The van der Waals surface area contributed by atoms with Crippen molar-refractivity contribution in [3.63, 3.8) is 0 Å². The van der Waals surface area contributed by atoms with Crippen LogP contribution in [0.1, 0.15) is 24.5 Å². The lowest BCUT2D eigenvalue weighted by atomic mass is 9.90. The van der Waals surface area contributed by atoms with E-state index in [-0.39, 0.29) is 12.0 Å². The van der Waals surface area contributed by atoms with Crippen molar-refractivity contribution in [2.75, 3.05) is 60.1 Å². The number of hydrogen-bond donors (Lipinski definition) is 0. The molecule has 35 heavy (non-hydrogen) atoms. The minimum Gasteiger partial charge on any atom is -0.493 e. The van der Waals surface area contributed by atoms with Crippen molar-refractivity contribution < 1.29 is 19.0 Å². The molecule has 3 heterocycles. The Morgan fingerprint density at radius 3 is 2.49 bits per heavy atom. The molecule has 7 nitrogen and oxygen atoms in total. The maximum atomic E-state index is 6.08. The summed E-state index contributed by atoms with van der Waals surface area (Å²) in [5.41, 5.74) is 4.59. The quantitative estimate of drug-likeness (QED) is 0.574. The minimum absolute atomic E-state index is 0.00819. The second-order valence-corrected chi connectivity index (χ2v) is 9.53. The smallest absolute Gasteiger partial charge is 0.164 e. The third-order valence-corrected chi connectivity index (χ3v) is 7.20. The molecule has 1 fully saturated rings. The Bertz CT molecular complexity index is 1080. The summed E-state index contributed by atoms with van der Waals surface area (Å²) in [4.78, 5) is 11.0. The first-order valence-electron chi connectivity index (χ1n) is 12.4. The number of piperazine rings is 1. The lowest BCUT2D eigenvalue weighted by Gasteiger charge is -2.36. The van der Waals surface area contributed by atoms with Crippen molar-refractivity contribution in [1.29, 1.82) is 0 Å². The first-order valence-corrected chi connectivity index (χ1v) is 12.4. The number of rotatable bonds is 8. The van der Waals surface area contributed by atoms with E-state index in [9.17, 15) is 0 Å². The van der Waals surface area contributed by atoms with E-state index in [0.717, 1.165) is 62.7 Å². The van der Waals surface area contributed by atoms with Gasteiger partial charge < -0.3 is 23.9 Å². The highest BCUT2D eigenvalue weighted by atomic mass is 16.6. The van der Waals surface area contributed by atoms with Crippen molar-refractivity contribution in [2.45, 2.75) is 19.4 Å². The van der Waals surface area contributed by atoms with Gasteiger partial charge in [-0.15, -0.1) is 0 Å². The monoisotopic (exact) mass is 477 g/mol. The van der Waals surface area contributed by atoms with Crippen LogP contribution in [-0.4, -0.2) is 81.7 Å². The summed E-state index contributed by atoms with van der Waals surface area (Å²) in [5, 5.41) is 4.47. The molecule has 7 heteroatoms. The summed E-state index contributed by atoms with van der Waals surface area (Å²) < 4.78 is 17.0. The fraction of sp³-hybridized carbons (Fsp3) is 0.464. The van der Waals surface area contributed by atoms with E-state index in [1.807, 2.05) is 12.1 Å². The molecule has 1 saturated heterocycles. The fourth-order valence-electron chi connectivity index (χ4n) is 5.09. The molecule has 0 spiro atoms. The minimum atomic E-state index is 0.00819. The van der Waals surface area contributed by atoms with E-state index in [2.05, 4.69) is 58.3 Å². The van der Waals surface area contributed by atoms with Crippen LogP contribution in [0, 0.1) is 5.92 Å². The number of hydrogen-bond acceptors (Lipinski definition) is 7. The molecular formula is C28H35N3O4. The van der Waals surface area contributed by atoms with Crippen LogP contribution in [0.4, 0.5) is 0 Å². The predicted molar refractivity (Wildman–Crippen MR) is 138 cm³/mol. The van der Waals surface area contributed by atoms with Gasteiger partial charge in [-0.05, 0) is 25.0 Å². The first kappa shape index (κ1) is 23.7. The average Bonchev–Trinajstić information content (AvgIpc) is 3.31. The van der Waals surface area contributed by atoms with Gasteiger partial charge in [-0.1, -0.05) is 47.1 Å². The Morgan fingerprint density at radius 2 is 1.74 bits per heavy atom. The SMILES string of the molecule is COc1cc2c(cc1OC)C1=NOC(CN3CCN(CC/C(C)=C/c4ccccc4)CC3)C1CO2. The highest BCUT2D eigenvalue weighted by molar-refractivity contribution is 6.06. The zero-order valence-electron chi connectivity index (χ0n) is 20.9. The van der Waals surface area contributed by atoms with E-state index in [1.54, 1.807) is 14.2 Å². The third-order valence-electron chi connectivity index (χ3n) is 7.20. The van der Waals surface area contributed by atoms with Crippen LogP contribution in [0.2, 0.25) is 0 Å². The first-order chi connectivity index (χ1) is 17.1. The summed E-state index contributed by atoms with van der Waals surface area (Å²) in [6, 6.07) is 14.4. The van der Waals surface area contributed by atoms with Crippen LogP contribution in [0.25, 0.3) is 6.08 Å². The summed E-state index contributed by atoms with van der Waals surface area (Å²) in [6.07, 6.45) is 3.40. The molecule has 2 aromatic carbocycles. The zero-order valence-corrected chi connectivity index (χ0v) is 20.9. The summed E-state index contributed by atoms with van der Waals surface area (Å²) in [6.45, 7) is 9.03. The van der Waals surface area contributed by atoms with Crippen molar-refractivity contribution in [3.05, 3.63) is 59.2 Å². The molecule has 2 aromatic rings. The van der Waals surface area contributed by atoms with Gasteiger partial charge in [0, 0.05) is 50.9 Å². The van der Waals surface area contributed by atoms with Gasteiger partial charge in [0.05, 0.1) is 20.1 Å². The van der Waals surface area contributed by atoms with Crippen LogP contribution in [0.3, 0.4) is 0 Å². The Balaban J connectivity index is 1.11. The highest BCUT2D eigenvalue weighted by Crippen LogP contribution is 2.40. The molecular weight excluding hydrogens is 442 g/mol. The van der Waals surface area contributed by atoms with Gasteiger partial charge in [0.2, 0.25) is 0 Å². The Morgan fingerprint density at radius 1 is 1.03 bits per heavy atom. The highest BCUT2D eigenvalue weighted by Gasteiger charge is 2.41. The maximum absolute atomic E-state index is 6.08. The lowest BCUT2D eigenvalue weighted by molar-refractivity contribution is 0.00938. The fourth-order valence-corrected chi connectivity index (χ4v) is 5.09. The van der Waals surface area contributed by atoms with Crippen LogP contribution < -0.4 is 14.2 Å².